The van der Waals surface area contributed by atoms with Gasteiger partial charge in [-0.1, -0.05) is 19.3 Å². The summed E-state index contributed by atoms with van der Waals surface area (Å²) >= 11 is 1.50. The lowest BCUT2D eigenvalue weighted by Crippen LogP contribution is -2.25. The maximum Gasteiger partial charge on any atom is 0.262 e. The number of rotatable bonds is 3. The Labute approximate surface area is 132 Å². The first kappa shape index (κ1) is 13.8. The molecule has 1 aliphatic carbocycles. The zero-order valence-electron chi connectivity index (χ0n) is 12.3. The number of furan rings is 1. The molecule has 0 aromatic carbocycles. The van der Waals surface area contributed by atoms with Crippen molar-refractivity contribution in [2.24, 2.45) is 5.92 Å². The van der Waals surface area contributed by atoms with E-state index in [4.69, 9.17) is 4.42 Å². The van der Waals surface area contributed by atoms with E-state index in [1.54, 1.807) is 17.2 Å². The first-order chi connectivity index (χ1) is 10.8. The molecule has 0 aliphatic heterocycles. The first-order valence-corrected chi connectivity index (χ1v) is 8.71. The number of thiophene rings is 1. The molecule has 114 valence electrons. The van der Waals surface area contributed by atoms with Crippen LogP contribution in [0.5, 0.6) is 0 Å². The van der Waals surface area contributed by atoms with E-state index >= 15 is 0 Å². The van der Waals surface area contributed by atoms with Gasteiger partial charge in [-0.25, -0.2) is 4.98 Å². The fourth-order valence-corrected chi connectivity index (χ4v) is 4.25. The molecule has 0 unspecified atom stereocenters. The summed E-state index contributed by atoms with van der Waals surface area (Å²) in [5.41, 5.74) is 0.920. The Morgan fingerprint density at radius 1 is 1.32 bits per heavy atom. The molecule has 1 fully saturated rings. The summed E-state index contributed by atoms with van der Waals surface area (Å²) in [5.74, 6) is 1.34. The van der Waals surface area contributed by atoms with Gasteiger partial charge in [-0.2, -0.15) is 0 Å². The van der Waals surface area contributed by atoms with Crippen LogP contribution in [0.25, 0.3) is 21.5 Å². The van der Waals surface area contributed by atoms with Gasteiger partial charge < -0.3 is 4.42 Å². The van der Waals surface area contributed by atoms with E-state index in [1.165, 1.54) is 43.4 Å². The van der Waals surface area contributed by atoms with E-state index in [2.05, 4.69) is 4.98 Å². The summed E-state index contributed by atoms with van der Waals surface area (Å²) < 4.78 is 7.25. The Morgan fingerprint density at radius 3 is 2.95 bits per heavy atom. The van der Waals surface area contributed by atoms with Gasteiger partial charge in [0.25, 0.3) is 5.56 Å². The summed E-state index contributed by atoms with van der Waals surface area (Å²) in [6, 6.07) is 3.73. The zero-order chi connectivity index (χ0) is 14.9. The maximum atomic E-state index is 12.9. The monoisotopic (exact) mass is 314 g/mol. The molecule has 4 rings (SSSR count). The van der Waals surface area contributed by atoms with Crippen LogP contribution in [0.4, 0.5) is 0 Å². The molecule has 3 aromatic heterocycles. The predicted molar refractivity (Wildman–Crippen MR) is 88.2 cm³/mol. The van der Waals surface area contributed by atoms with E-state index in [1.807, 2.05) is 17.5 Å². The van der Waals surface area contributed by atoms with E-state index < -0.39 is 0 Å². The van der Waals surface area contributed by atoms with Gasteiger partial charge in [0.2, 0.25) is 0 Å². The summed E-state index contributed by atoms with van der Waals surface area (Å²) in [5, 5.41) is 2.65. The largest absolute Gasteiger partial charge is 0.464 e. The van der Waals surface area contributed by atoms with Gasteiger partial charge in [0, 0.05) is 17.5 Å². The fourth-order valence-electron chi connectivity index (χ4n) is 3.36. The molecule has 1 saturated carbocycles. The number of nitrogens with zero attached hydrogens (tertiary/aromatic N) is 2. The minimum atomic E-state index is 0.0585. The third-order valence-electron chi connectivity index (χ3n) is 4.53. The van der Waals surface area contributed by atoms with Crippen LogP contribution in [0.2, 0.25) is 0 Å². The predicted octanol–water partition coefficient (Wildman–Crippen LogP) is 4.30. The van der Waals surface area contributed by atoms with Crippen LogP contribution in [-0.2, 0) is 6.54 Å². The van der Waals surface area contributed by atoms with Crippen LogP contribution in [0.3, 0.4) is 0 Å². The van der Waals surface area contributed by atoms with Crippen molar-refractivity contribution < 1.29 is 4.42 Å². The Hall–Kier alpha value is -1.88. The molecule has 0 bridgehead atoms. The Morgan fingerprint density at radius 2 is 2.18 bits per heavy atom. The lowest BCUT2D eigenvalue weighted by molar-refractivity contribution is 0.315. The highest BCUT2D eigenvalue weighted by atomic mass is 32.1. The van der Waals surface area contributed by atoms with E-state index in [9.17, 15) is 4.79 Å². The van der Waals surface area contributed by atoms with Gasteiger partial charge in [-0.15, -0.1) is 11.3 Å². The quantitative estimate of drug-likeness (QED) is 0.724. The average molecular weight is 314 g/mol. The van der Waals surface area contributed by atoms with E-state index in [-0.39, 0.29) is 5.56 Å². The van der Waals surface area contributed by atoms with Crippen LogP contribution >= 0.6 is 11.3 Å². The topological polar surface area (TPSA) is 48.0 Å². The molecule has 3 heterocycles. The highest BCUT2D eigenvalue weighted by Gasteiger charge is 2.18. The van der Waals surface area contributed by atoms with Crippen molar-refractivity contribution in [3.63, 3.8) is 0 Å². The molecular formula is C17H18N2O2S. The highest BCUT2D eigenvalue weighted by molar-refractivity contribution is 7.17. The normalized spacial score (nSPS) is 16.4. The van der Waals surface area contributed by atoms with Crippen molar-refractivity contribution >= 4 is 21.6 Å². The molecule has 5 heteroatoms. The smallest absolute Gasteiger partial charge is 0.262 e. The van der Waals surface area contributed by atoms with Gasteiger partial charge in [0.1, 0.15) is 10.6 Å². The second-order valence-electron chi connectivity index (χ2n) is 6.01. The van der Waals surface area contributed by atoms with Crippen LogP contribution in [-0.4, -0.2) is 9.55 Å². The van der Waals surface area contributed by atoms with E-state index in [0.717, 1.165) is 22.7 Å². The Bertz CT molecular complexity index is 826. The molecule has 22 heavy (non-hydrogen) atoms. The van der Waals surface area contributed by atoms with Gasteiger partial charge >= 0.3 is 0 Å². The standard InChI is InChI=1S/C17H18N2O2S/c20-17-15-13(14-7-4-8-21-14)10-22-16(15)18-11-19(17)9-12-5-2-1-3-6-12/h4,7-8,10-12H,1-3,5-6,9H2. The van der Waals surface area contributed by atoms with Gasteiger partial charge in [0.05, 0.1) is 18.0 Å². The highest BCUT2D eigenvalue weighted by Crippen LogP contribution is 2.31. The third kappa shape index (κ3) is 2.39. The van der Waals surface area contributed by atoms with E-state index in [0.29, 0.717) is 11.3 Å². The van der Waals surface area contributed by atoms with Gasteiger partial charge in [0.15, 0.2) is 0 Å². The lowest BCUT2D eigenvalue weighted by Gasteiger charge is -2.22. The van der Waals surface area contributed by atoms with Crippen molar-refractivity contribution in [1.82, 2.24) is 9.55 Å². The van der Waals surface area contributed by atoms with Gasteiger partial charge in [-0.05, 0) is 30.9 Å². The second kappa shape index (κ2) is 5.72. The molecule has 4 nitrogen and oxygen atoms in total. The molecule has 0 radical (unpaired) electrons. The number of hydrogen-bond acceptors (Lipinski definition) is 4. The van der Waals surface area contributed by atoms with Crippen molar-refractivity contribution in [2.75, 3.05) is 0 Å². The number of hydrogen-bond donors (Lipinski definition) is 0. The molecule has 3 aromatic rings. The third-order valence-corrected chi connectivity index (χ3v) is 5.41. The molecule has 0 atom stereocenters. The van der Waals surface area contributed by atoms with Gasteiger partial charge in [-0.3, -0.25) is 9.36 Å². The Balaban J connectivity index is 1.76. The molecular weight excluding hydrogens is 296 g/mol. The van der Waals surface area contributed by atoms with Crippen LogP contribution in [0, 0.1) is 5.92 Å². The average Bonchev–Trinajstić information content (AvgIpc) is 3.20. The number of aromatic nitrogens is 2. The summed E-state index contributed by atoms with van der Waals surface area (Å²) in [6.45, 7) is 0.787. The zero-order valence-corrected chi connectivity index (χ0v) is 13.1. The molecule has 0 amide bonds. The Kier molecular flexibility index (Phi) is 3.58. The fraction of sp³-hybridized carbons (Fsp3) is 0.412. The van der Waals surface area contributed by atoms with Crippen molar-refractivity contribution in [3.8, 4) is 11.3 Å². The van der Waals surface area contributed by atoms with Crippen LogP contribution in [0.15, 0.2) is 39.3 Å². The summed E-state index contributed by atoms with van der Waals surface area (Å²) in [4.78, 5) is 18.1. The first-order valence-electron chi connectivity index (χ1n) is 7.83. The SMILES string of the molecule is O=c1c2c(-c3ccco3)csc2ncn1CC1CCCCC1. The molecule has 1 aliphatic rings. The van der Waals surface area contributed by atoms with Crippen molar-refractivity contribution in [3.05, 3.63) is 40.5 Å². The molecule has 0 N–H and O–H groups in total. The summed E-state index contributed by atoms with van der Waals surface area (Å²) in [7, 11) is 0. The summed E-state index contributed by atoms with van der Waals surface area (Å²) in [6.07, 6.45) is 9.68. The minimum absolute atomic E-state index is 0.0585. The maximum absolute atomic E-state index is 12.9. The number of fused-ring (bicyclic) bond motifs is 1. The van der Waals surface area contributed by atoms with Crippen molar-refractivity contribution in [1.29, 1.82) is 0 Å². The lowest BCUT2D eigenvalue weighted by atomic mass is 9.89. The van der Waals surface area contributed by atoms with Crippen molar-refractivity contribution in [2.45, 2.75) is 38.6 Å². The second-order valence-corrected chi connectivity index (χ2v) is 6.87. The van der Waals surface area contributed by atoms with Crippen LogP contribution in [0.1, 0.15) is 32.1 Å². The van der Waals surface area contributed by atoms with Crippen LogP contribution < -0.4 is 5.56 Å². The minimum Gasteiger partial charge on any atom is -0.464 e. The molecule has 0 spiro atoms. The molecule has 0 saturated heterocycles.